The van der Waals surface area contributed by atoms with Gasteiger partial charge in [0.2, 0.25) is 11.8 Å². The number of rotatable bonds is 7. The number of likely N-dealkylation sites (N-methyl/N-ethyl adjacent to an activating group) is 1. The van der Waals surface area contributed by atoms with Gasteiger partial charge in [-0.1, -0.05) is 20.3 Å². The van der Waals surface area contributed by atoms with Gasteiger partial charge in [-0.05, 0) is 31.7 Å². The molecule has 1 heterocycles. The number of nitrogens with one attached hydrogen (secondary N) is 2. The van der Waals surface area contributed by atoms with E-state index in [1.54, 1.807) is 7.05 Å². The van der Waals surface area contributed by atoms with Crippen molar-refractivity contribution in [2.45, 2.75) is 52.0 Å². The molecule has 0 spiro atoms. The monoisotopic (exact) mass is 283 g/mol. The van der Waals surface area contributed by atoms with Crippen LogP contribution in [-0.2, 0) is 9.59 Å². The van der Waals surface area contributed by atoms with Crippen molar-refractivity contribution >= 4 is 11.8 Å². The van der Waals surface area contributed by atoms with Gasteiger partial charge in [0, 0.05) is 26.1 Å². The predicted octanol–water partition coefficient (Wildman–Crippen LogP) is 1.14. The van der Waals surface area contributed by atoms with Crippen LogP contribution >= 0.6 is 0 Å². The lowest BCUT2D eigenvalue weighted by Gasteiger charge is -2.24. The van der Waals surface area contributed by atoms with Gasteiger partial charge in [-0.25, -0.2) is 0 Å². The summed E-state index contributed by atoms with van der Waals surface area (Å²) in [5, 5.41) is 6.27. The Labute approximate surface area is 122 Å². The lowest BCUT2D eigenvalue weighted by Crippen LogP contribution is -2.40. The molecular weight excluding hydrogens is 254 g/mol. The summed E-state index contributed by atoms with van der Waals surface area (Å²) >= 11 is 0. The van der Waals surface area contributed by atoms with Crippen LogP contribution in [0.4, 0.5) is 0 Å². The molecule has 1 unspecified atom stereocenters. The first kappa shape index (κ1) is 17.0. The van der Waals surface area contributed by atoms with Crippen LogP contribution in [0.3, 0.4) is 0 Å². The summed E-state index contributed by atoms with van der Waals surface area (Å²) in [6, 6.07) is 0.468. The van der Waals surface area contributed by atoms with E-state index in [0.29, 0.717) is 24.9 Å². The highest BCUT2D eigenvalue weighted by atomic mass is 16.2. The smallest absolute Gasteiger partial charge is 0.239 e. The summed E-state index contributed by atoms with van der Waals surface area (Å²) in [6.07, 6.45) is 5.04. The van der Waals surface area contributed by atoms with Crippen molar-refractivity contribution in [1.82, 2.24) is 15.5 Å². The average Bonchev–Trinajstić information content (AvgIpc) is 2.43. The Morgan fingerprint density at radius 1 is 1.35 bits per heavy atom. The molecule has 0 aliphatic carbocycles. The number of amides is 2. The minimum Gasteiger partial charge on any atom is -0.354 e. The van der Waals surface area contributed by atoms with Gasteiger partial charge in [-0.2, -0.15) is 0 Å². The fourth-order valence-corrected chi connectivity index (χ4v) is 2.34. The molecule has 0 aromatic carbocycles. The molecule has 20 heavy (non-hydrogen) atoms. The van der Waals surface area contributed by atoms with Gasteiger partial charge >= 0.3 is 0 Å². The van der Waals surface area contributed by atoms with Crippen LogP contribution in [0.2, 0.25) is 0 Å². The van der Waals surface area contributed by atoms with Gasteiger partial charge in [0.05, 0.1) is 6.54 Å². The lowest BCUT2D eigenvalue weighted by atomic mass is 10.0. The summed E-state index contributed by atoms with van der Waals surface area (Å²) in [4.78, 5) is 25.2. The molecule has 0 aromatic heterocycles. The quantitative estimate of drug-likeness (QED) is 0.736. The van der Waals surface area contributed by atoms with Gasteiger partial charge in [0.15, 0.2) is 0 Å². The molecule has 116 valence electrons. The second-order valence-electron chi connectivity index (χ2n) is 6.13. The Bertz CT molecular complexity index is 312. The van der Waals surface area contributed by atoms with Crippen LogP contribution in [0.25, 0.3) is 0 Å². The van der Waals surface area contributed by atoms with E-state index in [9.17, 15) is 9.59 Å². The molecule has 0 radical (unpaired) electrons. The van der Waals surface area contributed by atoms with E-state index in [1.807, 2.05) is 13.8 Å². The largest absolute Gasteiger partial charge is 0.354 e. The second-order valence-corrected chi connectivity index (χ2v) is 6.13. The molecule has 5 nitrogen and oxygen atoms in total. The maximum absolute atomic E-state index is 12.0. The van der Waals surface area contributed by atoms with Crippen LogP contribution in [-0.4, -0.2) is 49.4 Å². The standard InChI is InChI=1S/C15H29N3O2/c1-12(2)10-17-14(19)11-18(3)15(20)8-7-13-6-4-5-9-16-13/h12-13,16H,4-11H2,1-3H3,(H,17,19). The molecule has 1 aliphatic heterocycles. The summed E-state index contributed by atoms with van der Waals surface area (Å²) in [5.41, 5.74) is 0. The average molecular weight is 283 g/mol. The molecule has 0 bridgehead atoms. The van der Waals surface area contributed by atoms with Crippen LogP contribution < -0.4 is 10.6 Å². The van der Waals surface area contributed by atoms with Crippen LogP contribution in [0.15, 0.2) is 0 Å². The van der Waals surface area contributed by atoms with E-state index in [2.05, 4.69) is 10.6 Å². The van der Waals surface area contributed by atoms with E-state index >= 15 is 0 Å². The molecule has 1 atom stereocenters. The zero-order chi connectivity index (χ0) is 15.0. The van der Waals surface area contributed by atoms with Crippen LogP contribution in [0.5, 0.6) is 0 Å². The van der Waals surface area contributed by atoms with E-state index in [0.717, 1.165) is 19.4 Å². The topological polar surface area (TPSA) is 61.4 Å². The Hall–Kier alpha value is -1.10. The number of hydrogen-bond acceptors (Lipinski definition) is 3. The fourth-order valence-electron chi connectivity index (χ4n) is 2.34. The van der Waals surface area contributed by atoms with Gasteiger partial charge in [-0.15, -0.1) is 0 Å². The van der Waals surface area contributed by atoms with Crippen molar-refractivity contribution in [2.75, 3.05) is 26.7 Å². The van der Waals surface area contributed by atoms with Gasteiger partial charge in [-0.3, -0.25) is 9.59 Å². The van der Waals surface area contributed by atoms with Gasteiger partial charge in [0.25, 0.3) is 0 Å². The first-order chi connectivity index (χ1) is 9.49. The van der Waals surface area contributed by atoms with E-state index < -0.39 is 0 Å². The molecular formula is C15H29N3O2. The fraction of sp³-hybridized carbons (Fsp3) is 0.867. The first-order valence-electron chi connectivity index (χ1n) is 7.73. The zero-order valence-electron chi connectivity index (χ0n) is 13.1. The van der Waals surface area contributed by atoms with Crippen molar-refractivity contribution in [2.24, 2.45) is 5.92 Å². The van der Waals surface area contributed by atoms with Gasteiger partial charge in [0.1, 0.15) is 0 Å². The van der Waals surface area contributed by atoms with Crippen molar-refractivity contribution in [3.8, 4) is 0 Å². The van der Waals surface area contributed by atoms with Crippen molar-refractivity contribution < 1.29 is 9.59 Å². The number of carbonyl (C=O) groups is 2. The lowest BCUT2D eigenvalue weighted by molar-refractivity contribution is -0.134. The molecule has 0 saturated carbocycles. The maximum Gasteiger partial charge on any atom is 0.239 e. The van der Waals surface area contributed by atoms with Crippen molar-refractivity contribution in [1.29, 1.82) is 0 Å². The number of carbonyl (C=O) groups excluding carboxylic acids is 2. The third kappa shape index (κ3) is 6.89. The molecule has 1 fully saturated rings. The summed E-state index contributed by atoms with van der Waals surface area (Å²) in [7, 11) is 1.70. The Morgan fingerprint density at radius 2 is 2.10 bits per heavy atom. The Morgan fingerprint density at radius 3 is 2.70 bits per heavy atom. The van der Waals surface area contributed by atoms with E-state index in [4.69, 9.17) is 0 Å². The zero-order valence-corrected chi connectivity index (χ0v) is 13.1. The van der Waals surface area contributed by atoms with Crippen molar-refractivity contribution in [3.63, 3.8) is 0 Å². The maximum atomic E-state index is 12.0. The molecule has 5 heteroatoms. The molecule has 0 aromatic rings. The minimum absolute atomic E-state index is 0.0528. The SMILES string of the molecule is CC(C)CNC(=O)CN(C)C(=O)CCC1CCCCN1. The number of piperidine rings is 1. The molecule has 1 aliphatic rings. The molecule has 1 rings (SSSR count). The van der Waals surface area contributed by atoms with Crippen LogP contribution in [0.1, 0.15) is 46.0 Å². The number of hydrogen-bond donors (Lipinski definition) is 2. The van der Waals surface area contributed by atoms with Gasteiger partial charge < -0.3 is 15.5 Å². The highest BCUT2D eigenvalue weighted by Gasteiger charge is 2.17. The highest BCUT2D eigenvalue weighted by Crippen LogP contribution is 2.12. The summed E-state index contributed by atoms with van der Waals surface area (Å²) in [5.74, 6) is 0.403. The Kier molecular flexibility index (Phi) is 7.59. The third-order valence-corrected chi connectivity index (χ3v) is 3.63. The summed E-state index contributed by atoms with van der Waals surface area (Å²) in [6.45, 7) is 5.97. The first-order valence-corrected chi connectivity index (χ1v) is 7.73. The summed E-state index contributed by atoms with van der Waals surface area (Å²) < 4.78 is 0. The number of nitrogens with zero attached hydrogens (tertiary/aromatic N) is 1. The molecule has 2 N–H and O–H groups in total. The second kappa shape index (κ2) is 8.95. The van der Waals surface area contributed by atoms with Crippen LogP contribution in [0, 0.1) is 5.92 Å². The van der Waals surface area contributed by atoms with Crippen molar-refractivity contribution in [3.05, 3.63) is 0 Å². The Balaban J connectivity index is 2.19. The normalized spacial score (nSPS) is 18.9. The molecule has 2 amide bonds. The predicted molar refractivity (Wildman–Crippen MR) is 80.4 cm³/mol. The minimum atomic E-state index is -0.0784. The third-order valence-electron chi connectivity index (χ3n) is 3.63. The highest BCUT2D eigenvalue weighted by molar-refractivity contribution is 5.84. The van der Waals surface area contributed by atoms with E-state index in [1.165, 1.54) is 17.7 Å². The molecule has 1 saturated heterocycles. The van der Waals surface area contributed by atoms with E-state index in [-0.39, 0.29) is 18.4 Å².